The maximum Gasteiger partial charge on any atom is 0.339 e. The predicted molar refractivity (Wildman–Crippen MR) is 110 cm³/mol. The van der Waals surface area contributed by atoms with Crippen molar-refractivity contribution in [2.45, 2.75) is 13.8 Å². The fourth-order valence-electron chi connectivity index (χ4n) is 3.48. The molecule has 0 bridgehead atoms. The van der Waals surface area contributed by atoms with Gasteiger partial charge < -0.3 is 19.5 Å². The maximum absolute atomic E-state index is 12.9. The zero-order chi connectivity index (χ0) is 21.3. The summed E-state index contributed by atoms with van der Waals surface area (Å²) in [5, 5.41) is 0.552. The van der Waals surface area contributed by atoms with E-state index in [4.69, 9.17) is 27.9 Å². The van der Waals surface area contributed by atoms with Crippen molar-refractivity contribution >= 4 is 41.0 Å². The molecule has 1 N–H and O–H groups in total. The molecule has 0 atom stereocenters. The molecule has 1 saturated heterocycles. The molecule has 1 aromatic heterocycles. The van der Waals surface area contributed by atoms with Gasteiger partial charge in [-0.2, -0.15) is 0 Å². The van der Waals surface area contributed by atoms with Crippen molar-refractivity contribution in [3.8, 4) is 0 Å². The van der Waals surface area contributed by atoms with Gasteiger partial charge in [0.2, 0.25) is 0 Å². The molecule has 0 unspecified atom stereocenters. The van der Waals surface area contributed by atoms with E-state index in [-0.39, 0.29) is 16.8 Å². The van der Waals surface area contributed by atoms with Gasteiger partial charge in [0.15, 0.2) is 0 Å². The number of aromatic amines is 1. The molecule has 1 fully saturated rings. The Labute approximate surface area is 178 Å². The van der Waals surface area contributed by atoms with Gasteiger partial charge in [-0.1, -0.05) is 29.3 Å². The lowest BCUT2D eigenvalue weighted by Crippen LogP contribution is -2.50. The second-order valence-corrected chi connectivity index (χ2v) is 7.59. The topological polar surface area (TPSA) is 82.7 Å². The van der Waals surface area contributed by atoms with Crippen LogP contribution in [0, 0.1) is 13.8 Å². The van der Waals surface area contributed by atoms with Gasteiger partial charge in [0.1, 0.15) is 5.69 Å². The first kappa shape index (κ1) is 21.2. The molecular formula is C20H21Cl2N3O4. The molecule has 9 heteroatoms. The zero-order valence-electron chi connectivity index (χ0n) is 16.3. The number of aryl methyl sites for hydroxylation is 1. The van der Waals surface area contributed by atoms with E-state index in [1.807, 2.05) is 0 Å². The first-order valence-electron chi connectivity index (χ1n) is 9.06. The number of nitrogens with one attached hydrogen (secondary N) is 1. The third-order valence-corrected chi connectivity index (χ3v) is 5.90. The fourth-order valence-corrected chi connectivity index (χ4v) is 3.86. The normalized spacial score (nSPS) is 14.1. The Balaban J connectivity index is 1.71. The minimum Gasteiger partial charge on any atom is -0.465 e. The van der Waals surface area contributed by atoms with Crippen molar-refractivity contribution in [3.05, 3.63) is 56.3 Å². The number of ether oxygens (including phenoxy) is 1. The van der Waals surface area contributed by atoms with Gasteiger partial charge in [0.25, 0.3) is 11.8 Å². The Morgan fingerprint density at radius 2 is 1.59 bits per heavy atom. The molecule has 2 aromatic rings. The lowest BCUT2D eigenvalue weighted by molar-refractivity contribution is 0.0532. The first-order valence-corrected chi connectivity index (χ1v) is 9.81. The largest absolute Gasteiger partial charge is 0.465 e. The summed E-state index contributed by atoms with van der Waals surface area (Å²) in [6, 6.07) is 4.94. The Bertz CT molecular complexity index is 978. The number of methoxy groups -OCH3 is 1. The molecule has 2 amide bonds. The Morgan fingerprint density at radius 1 is 1.00 bits per heavy atom. The van der Waals surface area contributed by atoms with Gasteiger partial charge >= 0.3 is 5.97 Å². The van der Waals surface area contributed by atoms with E-state index in [0.29, 0.717) is 59.3 Å². The van der Waals surface area contributed by atoms with Crippen LogP contribution in [-0.4, -0.2) is 65.9 Å². The summed E-state index contributed by atoms with van der Waals surface area (Å²) in [5.41, 5.74) is 2.23. The minimum atomic E-state index is -0.482. The number of amides is 2. The number of benzene rings is 1. The summed E-state index contributed by atoms with van der Waals surface area (Å²) in [7, 11) is 1.30. The highest BCUT2D eigenvalue weighted by atomic mass is 35.5. The number of halogens is 2. The standard InChI is InChI=1S/C20H21Cl2N3O4/c1-11-15(20(28)29-3)12(2)23-17(11)19(27)25-9-7-24(8-10-25)18(26)13-5-4-6-14(21)16(13)22/h4-6,23H,7-10H2,1-3H3. The van der Waals surface area contributed by atoms with Crippen LogP contribution in [0.1, 0.15) is 42.5 Å². The Morgan fingerprint density at radius 3 is 2.17 bits per heavy atom. The van der Waals surface area contributed by atoms with E-state index in [1.165, 1.54) is 7.11 Å². The number of aromatic nitrogens is 1. The molecule has 7 nitrogen and oxygen atoms in total. The van der Waals surface area contributed by atoms with E-state index in [9.17, 15) is 14.4 Å². The van der Waals surface area contributed by atoms with E-state index in [0.717, 1.165) is 0 Å². The average Bonchev–Trinajstić information content (AvgIpc) is 3.02. The Hall–Kier alpha value is -2.51. The van der Waals surface area contributed by atoms with E-state index in [1.54, 1.807) is 41.8 Å². The van der Waals surface area contributed by atoms with Gasteiger partial charge in [0, 0.05) is 31.9 Å². The van der Waals surface area contributed by atoms with Crippen LogP contribution in [0.25, 0.3) is 0 Å². The van der Waals surface area contributed by atoms with Gasteiger partial charge in [-0.3, -0.25) is 9.59 Å². The predicted octanol–water partition coefficient (Wildman–Crippen LogP) is 3.32. The molecule has 29 heavy (non-hydrogen) atoms. The lowest BCUT2D eigenvalue weighted by atomic mass is 10.1. The van der Waals surface area contributed by atoms with Gasteiger partial charge in [0.05, 0.1) is 28.3 Å². The van der Waals surface area contributed by atoms with E-state index in [2.05, 4.69) is 4.98 Å². The lowest BCUT2D eigenvalue weighted by Gasteiger charge is -2.35. The Kier molecular flexibility index (Phi) is 6.19. The van der Waals surface area contributed by atoms with Crippen molar-refractivity contribution in [2.24, 2.45) is 0 Å². The van der Waals surface area contributed by atoms with E-state index < -0.39 is 5.97 Å². The van der Waals surface area contributed by atoms with Gasteiger partial charge in [-0.25, -0.2) is 4.79 Å². The number of carbonyl (C=O) groups is 3. The molecule has 2 heterocycles. The van der Waals surface area contributed by atoms with Crippen LogP contribution in [0.4, 0.5) is 0 Å². The van der Waals surface area contributed by atoms with Gasteiger partial charge in [-0.05, 0) is 31.5 Å². The summed E-state index contributed by atoms with van der Waals surface area (Å²) in [4.78, 5) is 43.9. The maximum atomic E-state index is 12.9. The third-order valence-electron chi connectivity index (χ3n) is 5.08. The van der Waals surface area contributed by atoms with Crippen molar-refractivity contribution < 1.29 is 19.1 Å². The van der Waals surface area contributed by atoms with Gasteiger partial charge in [-0.15, -0.1) is 0 Å². The van der Waals surface area contributed by atoms with Crippen LogP contribution in [0.2, 0.25) is 10.0 Å². The van der Waals surface area contributed by atoms with Crippen LogP contribution in [0.15, 0.2) is 18.2 Å². The van der Waals surface area contributed by atoms with Crippen molar-refractivity contribution in [1.82, 2.24) is 14.8 Å². The minimum absolute atomic E-state index is 0.214. The third kappa shape index (κ3) is 3.97. The quantitative estimate of drug-likeness (QED) is 0.746. The monoisotopic (exact) mass is 437 g/mol. The molecule has 0 saturated carbocycles. The van der Waals surface area contributed by atoms with E-state index >= 15 is 0 Å². The summed E-state index contributed by atoms with van der Waals surface area (Å²) in [6.07, 6.45) is 0. The van der Waals surface area contributed by atoms with Crippen LogP contribution in [0.3, 0.4) is 0 Å². The first-order chi connectivity index (χ1) is 13.8. The summed E-state index contributed by atoms with van der Waals surface area (Å²) in [6.45, 7) is 4.92. The SMILES string of the molecule is COC(=O)c1c(C)[nH]c(C(=O)N2CCN(C(=O)c3cccc(Cl)c3Cl)CC2)c1C. The molecule has 3 rings (SSSR count). The second kappa shape index (κ2) is 8.47. The number of esters is 1. The van der Waals surface area contributed by atoms with Crippen LogP contribution in [0.5, 0.6) is 0 Å². The molecule has 1 aliphatic rings. The zero-order valence-corrected chi connectivity index (χ0v) is 17.9. The molecule has 0 aliphatic carbocycles. The number of rotatable bonds is 3. The second-order valence-electron chi connectivity index (χ2n) is 6.80. The number of H-pyrrole nitrogens is 1. The number of piperazine rings is 1. The molecule has 1 aromatic carbocycles. The van der Waals surface area contributed by atoms with Crippen molar-refractivity contribution in [1.29, 1.82) is 0 Å². The number of hydrogen-bond acceptors (Lipinski definition) is 4. The molecule has 154 valence electrons. The highest BCUT2D eigenvalue weighted by Gasteiger charge is 2.30. The van der Waals surface area contributed by atoms with Crippen LogP contribution >= 0.6 is 23.2 Å². The van der Waals surface area contributed by atoms with Crippen LogP contribution in [-0.2, 0) is 4.74 Å². The number of hydrogen-bond donors (Lipinski definition) is 1. The van der Waals surface area contributed by atoms with Crippen LogP contribution < -0.4 is 0 Å². The average molecular weight is 438 g/mol. The molecule has 0 spiro atoms. The highest BCUT2D eigenvalue weighted by molar-refractivity contribution is 6.43. The number of nitrogens with zero attached hydrogens (tertiary/aromatic N) is 2. The molecular weight excluding hydrogens is 417 g/mol. The van der Waals surface area contributed by atoms with Crippen molar-refractivity contribution in [3.63, 3.8) is 0 Å². The number of carbonyl (C=O) groups excluding carboxylic acids is 3. The highest BCUT2D eigenvalue weighted by Crippen LogP contribution is 2.27. The summed E-state index contributed by atoms with van der Waals surface area (Å²) >= 11 is 12.2. The fraction of sp³-hybridized carbons (Fsp3) is 0.350. The van der Waals surface area contributed by atoms with Crippen molar-refractivity contribution in [2.75, 3.05) is 33.3 Å². The molecule has 1 aliphatic heterocycles. The summed E-state index contributed by atoms with van der Waals surface area (Å²) < 4.78 is 4.79. The smallest absolute Gasteiger partial charge is 0.339 e. The summed E-state index contributed by atoms with van der Waals surface area (Å²) in [5.74, 6) is -0.915. The molecule has 0 radical (unpaired) electrons.